The number of methoxy groups -OCH3 is 2. The largest absolute Gasteiger partial charge is 0.468 e. The first-order valence-corrected chi connectivity index (χ1v) is 5.89. The predicted molar refractivity (Wildman–Crippen MR) is 69.2 cm³/mol. The molecule has 0 aliphatic rings. The molecule has 0 aromatic carbocycles. The Morgan fingerprint density at radius 1 is 1.20 bits per heavy atom. The third-order valence-electron chi connectivity index (χ3n) is 2.38. The van der Waals surface area contributed by atoms with Crippen LogP contribution in [0.5, 0.6) is 0 Å². The highest BCUT2D eigenvalue weighted by molar-refractivity contribution is 6.33. The summed E-state index contributed by atoms with van der Waals surface area (Å²) in [7, 11) is 2.36. The number of carbonyl (C=O) groups excluding carboxylic acids is 3. The minimum Gasteiger partial charge on any atom is -0.468 e. The molecule has 0 fully saturated rings. The van der Waals surface area contributed by atoms with Crippen LogP contribution in [-0.4, -0.2) is 55.0 Å². The molecular weight excluding hydrogens is 288 g/mol. The van der Waals surface area contributed by atoms with Gasteiger partial charge < -0.3 is 14.4 Å². The first kappa shape index (κ1) is 15.9. The molecule has 0 aliphatic heterocycles. The fourth-order valence-corrected chi connectivity index (χ4v) is 1.53. The summed E-state index contributed by atoms with van der Waals surface area (Å²) in [5, 5.41) is 0.171. The summed E-state index contributed by atoms with van der Waals surface area (Å²) in [6.07, 6.45) is 2.68. The number of amides is 1. The summed E-state index contributed by atoms with van der Waals surface area (Å²) in [6.45, 7) is -0.786. The van der Waals surface area contributed by atoms with Crippen LogP contribution < -0.4 is 0 Å². The van der Waals surface area contributed by atoms with Gasteiger partial charge in [-0.2, -0.15) is 0 Å². The summed E-state index contributed by atoms with van der Waals surface area (Å²) in [5.41, 5.74) is 0.0852. The van der Waals surface area contributed by atoms with Crippen molar-refractivity contribution in [1.82, 2.24) is 9.88 Å². The number of nitrogens with zero attached hydrogens (tertiary/aromatic N) is 2. The lowest BCUT2D eigenvalue weighted by Crippen LogP contribution is -2.40. The van der Waals surface area contributed by atoms with Crippen LogP contribution in [0.2, 0.25) is 5.02 Å². The number of aromatic nitrogens is 1. The maximum absolute atomic E-state index is 12.3. The normalized spacial score (nSPS) is 9.75. The van der Waals surface area contributed by atoms with Gasteiger partial charge in [0.15, 0.2) is 0 Å². The van der Waals surface area contributed by atoms with Gasteiger partial charge in [0, 0.05) is 12.4 Å². The van der Waals surface area contributed by atoms with Crippen molar-refractivity contribution in [3.63, 3.8) is 0 Å². The minimum absolute atomic E-state index is 0.0852. The second-order valence-corrected chi connectivity index (χ2v) is 4.08. The summed E-state index contributed by atoms with van der Waals surface area (Å²) < 4.78 is 8.96. The summed E-state index contributed by atoms with van der Waals surface area (Å²) in [5.74, 6) is -1.94. The molecule has 1 rings (SSSR count). The van der Waals surface area contributed by atoms with Crippen LogP contribution >= 0.6 is 11.6 Å². The van der Waals surface area contributed by atoms with Crippen molar-refractivity contribution in [2.45, 2.75) is 0 Å². The standard InChI is InChI=1S/C12H13ClN2O5/c1-19-10(16)6-15(7-11(17)20-2)12(18)8-5-14-4-3-9(8)13/h3-5H,6-7H2,1-2H3. The molecule has 0 N–H and O–H groups in total. The monoisotopic (exact) mass is 300 g/mol. The molecule has 108 valence electrons. The van der Waals surface area contributed by atoms with E-state index in [-0.39, 0.29) is 10.6 Å². The molecule has 1 aromatic heterocycles. The molecule has 0 aliphatic carbocycles. The Morgan fingerprint density at radius 2 is 1.75 bits per heavy atom. The smallest absolute Gasteiger partial charge is 0.325 e. The summed E-state index contributed by atoms with van der Waals surface area (Å²) in [4.78, 5) is 39.6. The van der Waals surface area contributed by atoms with Crippen molar-refractivity contribution < 1.29 is 23.9 Å². The van der Waals surface area contributed by atoms with E-state index in [1.807, 2.05) is 0 Å². The van der Waals surface area contributed by atoms with Gasteiger partial charge in [-0.1, -0.05) is 11.6 Å². The number of rotatable bonds is 5. The predicted octanol–water partition coefficient (Wildman–Crippen LogP) is 0.523. The second-order valence-electron chi connectivity index (χ2n) is 3.67. The van der Waals surface area contributed by atoms with Crippen molar-refractivity contribution in [3.05, 3.63) is 29.0 Å². The van der Waals surface area contributed by atoms with Gasteiger partial charge in [0.1, 0.15) is 13.1 Å². The summed E-state index contributed by atoms with van der Waals surface area (Å²) in [6, 6.07) is 1.43. The number of ether oxygens (including phenoxy) is 2. The van der Waals surface area contributed by atoms with E-state index < -0.39 is 30.9 Å². The molecule has 1 heterocycles. The fraction of sp³-hybridized carbons (Fsp3) is 0.333. The average molecular weight is 301 g/mol. The van der Waals surface area contributed by atoms with Gasteiger partial charge in [-0.25, -0.2) is 0 Å². The van der Waals surface area contributed by atoms with E-state index in [2.05, 4.69) is 14.5 Å². The van der Waals surface area contributed by atoms with Crippen molar-refractivity contribution in [1.29, 1.82) is 0 Å². The Morgan fingerprint density at radius 3 is 2.20 bits per heavy atom. The molecule has 20 heavy (non-hydrogen) atoms. The number of carbonyl (C=O) groups is 3. The third-order valence-corrected chi connectivity index (χ3v) is 2.71. The van der Waals surface area contributed by atoms with Crippen molar-refractivity contribution in [2.24, 2.45) is 0 Å². The molecule has 1 aromatic rings. The Balaban J connectivity index is 2.97. The molecule has 0 saturated heterocycles. The van der Waals surface area contributed by atoms with Crippen LogP contribution in [0.3, 0.4) is 0 Å². The van der Waals surface area contributed by atoms with Crippen LogP contribution in [0.25, 0.3) is 0 Å². The SMILES string of the molecule is COC(=O)CN(CC(=O)OC)C(=O)c1cnccc1Cl. The highest BCUT2D eigenvalue weighted by Gasteiger charge is 2.24. The third kappa shape index (κ3) is 4.20. The lowest BCUT2D eigenvalue weighted by molar-refractivity contribution is -0.144. The van der Waals surface area contributed by atoms with E-state index in [1.165, 1.54) is 32.7 Å². The lowest BCUT2D eigenvalue weighted by Gasteiger charge is -2.20. The Labute approximate surface area is 120 Å². The number of pyridine rings is 1. The van der Waals surface area contributed by atoms with Gasteiger partial charge in [0.25, 0.3) is 5.91 Å². The van der Waals surface area contributed by atoms with Crippen LogP contribution in [0.15, 0.2) is 18.5 Å². The molecule has 8 heteroatoms. The first-order chi connectivity index (χ1) is 9.49. The maximum atomic E-state index is 12.3. The minimum atomic E-state index is -0.665. The lowest BCUT2D eigenvalue weighted by atomic mass is 10.2. The van der Waals surface area contributed by atoms with E-state index in [9.17, 15) is 14.4 Å². The van der Waals surface area contributed by atoms with Crippen LogP contribution in [-0.2, 0) is 19.1 Å². The Kier molecular flexibility index (Phi) is 5.92. The van der Waals surface area contributed by atoms with Crippen molar-refractivity contribution in [3.8, 4) is 0 Å². The van der Waals surface area contributed by atoms with Gasteiger partial charge in [0.2, 0.25) is 0 Å². The first-order valence-electron chi connectivity index (χ1n) is 5.52. The van der Waals surface area contributed by atoms with E-state index >= 15 is 0 Å². The highest BCUT2D eigenvalue weighted by Crippen LogP contribution is 2.16. The van der Waals surface area contributed by atoms with Crippen LogP contribution in [0.1, 0.15) is 10.4 Å². The molecule has 1 amide bonds. The van der Waals surface area contributed by atoms with Gasteiger partial charge in [-0.3, -0.25) is 19.4 Å². The maximum Gasteiger partial charge on any atom is 0.325 e. The quantitative estimate of drug-likeness (QED) is 0.737. The van der Waals surface area contributed by atoms with Crippen LogP contribution in [0, 0.1) is 0 Å². The number of esters is 2. The molecule has 0 saturated carbocycles. The van der Waals surface area contributed by atoms with Crippen molar-refractivity contribution >= 4 is 29.4 Å². The zero-order valence-corrected chi connectivity index (χ0v) is 11.7. The zero-order valence-electron chi connectivity index (χ0n) is 11.0. The molecule has 0 atom stereocenters. The Bertz CT molecular complexity index is 502. The topological polar surface area (TPSA) is 85.8 Å². The average Bonchev–Trinajstić information content (AvgIpc) is 2.45. The summed E-state index contributed by atoms with van der Waals surface area (Å²) >= 11 is 5.88. The number of halogens is 1. The molecular formula is C12H13ClN2O5. The van der Waals surface area contributed by atoms with Crippen molar-refractivity contribution in [2.75, 3.05) is 27.3 Å². The van der Waals surface area contributed by atoms with E-state index in [1.54, 1.807) is 0 Å². The molecule has 0 spiro atoms. The van der Waals surface area contributed by atoms with E-state index in [0.717, 1.165) is 4.90 Å². The molecule has 0 bridgehead atoms. The molecule has 7 nitrogen and oxygen atoms in total. The number of hydrogen-bond acceptors (Lipinski definition) is 6. The van der Waals surface area contributed by atoms with Gasteiger partial charge in [-0.05, 0) is 6.07 Å². The zero-order chi connectivity index (χ0) is 15.1. The van der Waals surface area contributed by atoms with E-state index in [0.29, 0.717) is 0 Å². The Hall–Kier alpha value is -2.15. The fourth-order valence-electron chi connectivity index (χ4n) is 1.35. The van der Waals surface area contributed by atoms with Gasteiger partial charge in [0.05, 0.1) is 24.8 Å². The van der Waals surface area contributed by atoms with Gasteiger partial charge >= 0.3 is 11.9 Å². The molecule has 0 unspecified atom stereocenters. The van der Waals surface area contributed by atoms with Crippen LogP contribution in [0.4, 0.5) is 0 Å². The van der Waals surface area contributed by atoms with Gasteiger partial charge in [-0.15, -0.1) is 0 Å². The van der Waals surface area contributed by atoms with E-state index in [4.69, 9.17) is 11.6 Å². The number of hydrogen-bond donors (Lipinski definition) is 0. The highest BCUT2D eigenvalue weighted by atomic mass is 35.5. The second kappa shape index (κ2) is 7.44. The molecule has 0 radical (unpaired) electrons.